The summed E-state index contributed by atoms with van der Waals surface area (Å²) < 4.78 is 0. The predicted octanol–water partition coefficient (Wildman–Crippen LogP) is 2.01. The van der Waals surface area contributed by atoms with Gasteiger partial charge < -0.3 is 11.1 Å². The summed E-state index contributed by atoms with van der Waals surface area (Å²) in [6.45, 7) is 3.71. The zero-order chi connectivity index (χ0) is 12.2. The number of nitrogens with one attached hydrogen (secondary N) is 1. The lowest BCUT2D eigenvalue weighted by Gasteiger charge is -2.13. The van der Waals surface area contributed by atoms with Crippen molar-refractivity contribution < 1.29 is 4.79 Å². The highest BCUT2D eigenvalue weighted by molar-refractivity contribution is 7.98. The number of carbonyl (C=O) groups excluding carboxylic acids is 1. The van der Waals surface area contributed by atoms with Crippen molar-refractivity contribution in [3.05, 3.63) is 0 Å². The third-order valence-corrected chi connectivity index (χ3v) is 3.48. The molecule has 1 atom stereocenters. The van der Waals surface area contributed by atoms with E-state index in [9.17, 15) is 4.79 Å². The molecule has 1 unspecified atom stereocenters. The molecule has 0 aromatic heterocycles. The van der Waals surface area contributed by atoms with E-state index in [4.69, 9.17) is 5.73 Å². The Balaban J connectivity index is 3.47. The average molecular weight is 246 g/mol. The third-order valence-electron chi connectivity index (χ3n) is 2.78. The number of rotatable bonds is 10. The summed E-state index contributed by atoms with van der Waals surface area (Å²) in [7, 11) is 0. The van der Waals surface area contributed by atoms with Crippen LogP contribution >= 0.6 is 11.8 Å². The molecular formula is C12H26N2OS. The summed E-state index contributed by atoms with van der Waals surface area (Å²) in [4.78, 5) is 11.5. The van der Waals surface area contributed by atoms with E-state index in [0.717, 1.165) is 44.5 Å². The maximum Gasteiger partial charge on any atom is 0.220 e. The lowest BCUT2D eigenvalue weighted by atomic mass is 9.96. The van der Waals surface area contributed by atoms with Gasteiger partial charge in [-0.3, -0.25) is 4.79 Å². The number of nitrogens with two attached hydrogens (primary N) is 1. The van der Waals surface area contributed by atoms with Gasteiger partial charge in [0.25, 0.3) is 0 Å². The topological polar surface area (TPSA) is 55.1 Å². The van der Waals surface area contributed by atoms with Gasteiger partial charge in [0.1, 0.15) is 0 Å². The molecule has 4 heteroatoms. The summed E-state index contributed by atoms with van der Waals surface area (Å²) >= 11 is 1.82. The first-order valence-electron chi connectivity index (χ1n) is 6.20. The van der Waals surface area contributed by atoms with Gasteiger partial charge in [-0.25, -0.2) is 0 Å². The highest BCUT2D eigenvalue weighted by atomic mass is 32.2. The van der Waals surface area contributed by atoms with Crippen molar-refractivity contribution in [2.75, 3.05) is 25.1 Å². The Morgan fingerprint density at radius 3 is 2.75 bits per heavy atom. The Hall–Kier alpha value is -0.220. The van der Waals surface area contributed by atoms with Crippen molar-refractivity contribution in [3.63, 3.8) is 0 Å². The van der Waals surface area contributed by atoms with Gasteiger partial charge in [0, 0.05) is 13.0 Å². The highest BCUT2D eigenvalue weighted by Crippen LogP contribution is 2.14. The van der Waals surface area contributed by atoms with E-state index in [1.807, 2.05) is 11.8 Å². The summed E-state index contributed by atoms with van der Waals surface area (Å²) in [5, 5.41) is 2.96. The van der Waals surface area contributed by atoms with Crippen molar-refractivity contribution in [1.82, 2.24) is 5.32 Å². The standard InChI is InChI=1S/C12H26N2OS/c1-3-11(7-8-13)5-6-12(15)14-9-4-10-16-2/h11H,3-10,13H2,1-2H3,(H,14,15). The number of amides is 1. The van der Waals surface area contributed by atoms with Gasteiger partial charge >= 0.3 is 0 Å². The van der Waals surface area contributed by atoms with Gasteiger partial charge in [0.2, 0.25) is 5.91 Å². The van der Waals surface area contributed by atoms with Crippen LogP contribution in [0.2, 0.25) is 0 Å². The van der Waals surface area contributed by atoms with Crippen LogP contribution in [0.15, 0.2) is 0 Å². The van der Waals surface area contributed by atoms with Gasteiger partial charge in [0.15, 0.2) is 0 Å². The molecule has 3 nitrogen and oxygen atoms in total. The van der Waals surface area contributed by atoms with Crippen LogP contribution in [-0.4, -0.2) is 31.0 Å². The molecule has 0 aliphatic heterocycles. The number of hydrogen-bond acceptors (Lipinski definition) is 3. The number of carbonyl (C=O) groups is 1. The second kappa shape index (κ2) is 11.3. The average Bonchev–Trinajstić information content (AvgIpc) is 2.30. The van der Waals surface area contributed by atoms with Crippen molar-refractivity contribution in [1.29, 1.82) is 0 Å². The molecule has 0 spiro atoms. The van der Waals surface area contributed by atoms with Gasteiger partial charge in [-0.15, -0.1) is 0 Å². The Labute approximate surface area is 104 Å². The normalized spacial score (nSPS) is 12.4. The van der Waals surface area contributed by atoms with Crippen LogP contribution in [0.5, 0.6) is 0 Å². The molecule has 1 amide bonds. The lowest BCUT2D eigenvalue weighted by Crippen LogP contribution is -2.25. The first kappa shape index (κ1) is 15.8. The fraction of sp³-hybridized carbons (Fsp3) is 0.917. The minimum Gasteiger partial charge on any atom is -0.356 e. The van der Waals surface area contributed by atoms with E-state index in [1.54, 1.807) is 0 Å². The van der Waals surface area contributed by atoms with Crippen molar-refractivity contribution in [3.8, 4) is 0 Å². The van der Waals surface area contributed by atoms with E-state index < -0.39 is 0 Å². The van der Waals surface area contributed by atoms with Crippen LogP contribution in [0.4, 0.5) is 0 Å². The minimum absolute atomic E-state index is 0.191. The largest absolute Gasteiger partial charge is 0.356 e. The Morgan fingerprint density at radius 1 is 1.44 bits per heavy atom. The zero-order valence-electron chi connectivity index (χ0n) is 10.6. The van der Waals surface area contributed by atoms with Crippen LogP contribution in [0, 0.1) is 5.92 Å². The fourth-order valence-corrected chi connectivity index (χ4v) is 2.09. The summed E-state index contributed by atoms with van der Waals surface area (Å²) in [6.07, 6.45) is 6.93. The SMILES string of the molecule is CCC(CCN)CCC(=O)NCCCSC. The molecule has 0 aliphatic rings. The maximum absolute atomic E-state index is 11.5. The molecule has 0 aliphatic carbocycles. The van der Waals surface area contributed by atoms with Crippen molar-refractivity contribution in [2.45, 2.75) is 39.0 Å². The van der Waals surface area contributed by atoms with Crippen LogP contribution < -0.4 is 11.1 Å². The van der Waals surface area contributed by atoms with E-state index in [0.29, 0.717) is 12.3 Å². The zero-order valence-corrected chi connectivity index (χ0v) is 11.4. The maximum atomic E-state index is 11.5. The smallest absolute Gasteiger partial charge is 0.220 e. The van der Waals surface area contributed by atoms with Gasteiger partial charge in [0.05, 0.1) is 0 Å². The minimum atomic E-state index is 0.191. The van der Waals surface area contributed by atoms with Gasteiger partial charge in [-0.1, -0.05) is 13.3 Å². The summed E-state index contributed by atoms with van der Waals surface area (Å²) in [5.41, 5.74) is 5.52. The second-order valence-electron chi connectivity index (χ2n) is 4.09. The van der Waals surface area contributed by atoms with E-state index in [2.05, 4.69) is 18.5 Å². The van der Waals surface area contributed by atoms with Crippen LogP contribution in [0.3, 0.4) is 0 Å². The predicted molar refractivity (Wildman–Crippen MR) is 72.7 cm³/mol. The summed E-state index contributed by atoms with van der Waals surface area (Å²) in [6, 6.07) is 0. The van der Waals surface area contributed by atoms with E-state index in [1.165, 1.54) is 0 Å². The second-order valence-corrected chi connectivity index (χ2v) is 5.07. The molecule has 0 aromatic carbocycles. The fourth-order valence-electron chi connectivity index (χ4n) is 1.66. The molecule has 0 saturated heterocycles. The van der Waals surface area contributed by atoms with E-state index in [-0.39, 0.29) is 5.91 Å². The van der Waals surface area contributed by atoms with Crippen LogP contribution in [-0.2, 0) is 4.79 Å². The quantitative estimate of drug-likeness (QED) is 0.580. The lowest BCUT2D eigenvalue weighted by molar-refractivity contribution is -0.121. The monoisotopic (exact) mass is 246 g/mol. The molecular weight excluding hydrogens is 220 g/mol. The Morgan fingerprint density at radius 2 is 2.19 bits per heavy atom. The third kappa shape index (κ3) is 9.04. The molecule has 0 rings (SSSR count). The van der Waals surface area contributed by atoms with Crippen LogP contribution in [0.25, 0.3) is 0 Å². The van der Waals surface area contributed by atoms with E-state index >= 15 is 0 Å². The molecule has 0 heterocycles. The van der Waals surface area contributed by atoms with Crippen LogP contribution in [0.1, 0.15) is 39.0 Å². The van der Waals surface area contributed by atoms with Gasteiger partial charge in [-0.05, 0) is 43.7 Å². The first-order chi connectivity index (χ1) is 7.74. The van der Waals surface area contributed by atoms with Crippen molar-refractivity contribution >= 4 is 17.7 Å². The number of thioether (sulfide) groups is 1. The Bertz CT molecular complexity index is 176. The first-order valence-corrected chi connectivity index (χ1v) is 7.59. The van der Waals surface area contributed by atoms with Gasteiger partial charge in [-0.2, -0.15) is 11.8 Å². The highest BCUT2D eigenvalue weighted by Gasteiger charge is 2.08. The van der Waals surface area contributed by atoms with Crippen molar-refractivity contribution in [2.24, 2.45) is 11.7 Å². The molecule has 3 N–H and O–H groups in total. The molecule has 0 radical (unpaired) electrons. The number of hydrogen-bond donors (Lipinski definition) is 2. The Kier molecular flexibility index (Phi) is 11.1. The summed E-state index contributed by atoms with van der Waals surface area (Å²) in [5.74, 6) is 1.92. The molecule has 0 aromatic rings. The molecule has 96 valence electrons. The molecule has 0 bridgehead atoms. The molecule has 16 heavy (non-hydrogen) atoms. The molecule has 0 fully saturated rings. The molecule has 0 saturated carbocycles.